The van der Waals surface area contributed by atoms with E-state index in [1.54, 1.807) is 12.1 Å². The lowest BCUT2D eigenvalue weighted by Crippen LogP contribution is -2.61. The Balaban J connectivity index is 2.26. The number of ether oxygens (including phenoxy) is 1. The summed E-state index contributed by atoms with van der Waals surface area (Å²) in [6.07, 6.45) is 0. The zero-order valence-electron chi connectivity index (χ0n) is 11.5. The number of benzene rings is 1. The molecule has 0 amide bonds. The second kappa shape index (κ2) is 4.76. The van der Waals surface area contributed by atoms with Crippen LogP contribution >= 0.6 is 0 Å². The molecule has 1 aliphatic rings. The van der Waals surface area contributed by atoms with E-state index in [9.17, 15) is 4.39 Å². The molecule has 1 aromatic rings. The van der Waals surface area contributed by atoms with Crippen molar-refractivity contribution >= 4 is 5.69 Å². The van der Waals surface area contributed by atoms with Gasteiger partial charge in [0.15, 0.2) is 11.6 Å². The number of anilines is 1. The van der Waals surface area contributed by atoms with E-state index in [1.165, 1.54) is 7.11 Å². The largest absolute Gasteiger partial charge is 0.494 e. The molecule has 1 atom stereocenters. The Hall–Kier alpha value is -1.29. The van der Waals surface area contributed by atoms with Gasteiger partial charge in [0.1, 0.15) is 0 Å². The molecule has 0 bridgehead atoms. The number of methoxy groups -OCH3 is 1. The molecule has 1 aliphatic heterocycles. The van der Waals surface area contributed by atoms with Crippen LogP contribution < -0.4 is 15.0 Å². The van der Waals surface area contributed by atoms with E-state index in [2.05, 4.69) is 31.0 Å². The molecule has 0 saturated carbocycles. The van der Waals surface area contributed by atoms with Crippen molar-refractivity contribution in [1.29, 1.82) is 0 Å². The van der Waals surface area contributed by atoms with Gasteiger partial charge < -0.3 is 15.0 Å². The Morgan fingerprint density at radius 3 is 2.78 bits per heavy atom. The molecule has 1 N–H and O–H groups in total. The van der Waals surface area contributed by atoms with Crippen molar-refractivity contribution in [2.45, 2.75) is 32.4 Å². The molecule has 1 heterocycles. The molecule has 1 unspecified atom stereocenters. The van der Waals surface area contributed by atoms with Crippen LogP contribution in [0.2, 0.25) is 0 Å². The summed E-state index contributed by atoms with van der Waals surface area (Å²) < 4.78 is 18.7. The van der Waals surface area contributed by atoms with Crippen LogP contribution in [0.5, 0.6) is 5.75 Å². The van der Waals surface area contributed by atoms with Gasteiger partial charge in [0.05, 0.1) is 7.11 Å². The van der Waals surface area contributed by atoms with Gasteiger partial charge in [-0.2, -0.15) is 0 Å². The van der Waals surface area contributed by atoms with Gasteiger partial charge in [-0.15, -0.1) is 0 Å². The average Bonchev–Trinajstić information content (AvgIpc) is 2.32. The smallest absolute Gasteiger partial charge is 0.167 e. The molecule has 1 fully saturated rings. The first-order valence-corrected chi connectivity index (χ1v) is 6.28. The lowest BCUT2D eigenvalue weighted by atomic mass is 9.98. The third-order valence-electron chi connectivity index (χ3n) is 3.44. The van der Waals surface area contributed by atoms with Gasteiger partial charge in [0.25, 0.3) is 0 Å². The highest BCUT2D eigenvalue weighted by atomic mass is 19.1. The molecule has 100 valence electrons. The van der Waals surface area contributed by atoms with Gasteiger partial charge in [-0.05, 0) is 32.9 Å². The van der Waals surface area contributed by atoms with Crippen LogP contribution in [0.15, 0.2) is 18.2 Å². The highest BCUT2D eigenvalue weighted by Crippen LogP contribution is 2.27. The Bertz CT molecular complexity index is 434. The minimum absolute atomic E-state index is 0.0446. The number of hydrogen-bond acceptors (Lipinski definition) is 3. The minimum atomic E-state index is -0.307. The summed E-state index contributed by atoms with van der Waals surface area (Å²) in [5.74, 6) is -0.0145. The molecule has 0 aliphatic carbocycles. The number of rotatable bonds is 2. The van der Waals surface area contributed by atoms with Crippen molar-refractivity contribution in [3.63, 3.8) is 0 Å². The van der Waals surface area contributed by atoms with Crippen molar-refractivity contribution < 1.29 is 9.13 Å². The molecular weight excluding hydrogens is 231 g/mol. The molecule has 4 heteroatoms. The third kappa shape index (κ3) is 2.58. The lowest BCUT2D eigenvalue weighted by molar-refractivity contribution is 0.318. The molecule has 2 rings (SSSR count). The van der Waals surface area contributed by atoms with Gasteiger partial charge in [-0.1, -0.05) is 0 Å². The normalized spacial score (nSPS) is 22.9. The van der Waals surface area contributed by atoms with Gasteiger partial charge in [0.2, 0.25) is 0 Å². The van der Waals surface area contributed by atoms with Crippen molar-refractivity contribution in [3.8, 4) is 5.75 Å². The fourth-order valence-corrected chi connectivity index (χ4v) is 2.35. The molecule has 1 saturated heterocycles. The van der Waals surface area contributed by atoms with Crippen LogP contribution in [-0.2, 0) is 0 Å². The summed E-state index contributed by atoms with van der Waals surface area (Å²) in [4.78, 5) is 2.24. The quantitative estimate of drug-likeness (QED) is 0.875. The van der Waals surface area contributed by atoms with Crippen molar-refractivity contribution in [2.75, 3.05) is 25.1 Å². The average molecular weight is 252 g/mol. The first-order valence-electron chi connectivity index (χ1n) is 6.28. The fraction of sp³-hybridized carbons (Fsp3) is 0.571. The van der Waals surface area contributed by atoms with Crippen LogP contribution in [0.25, 0.3) is 0 Å². The number of nitrogens with zero attached hydrogens (tertiary/aromatic N) is 1. The van der Waals surface area contributed by atoms with E-state index in [-0.39, 0.29) is 11.4 Å². The van der Waals surface area contributed by atoms with Crippen LogP contribution in [0.4, 0.5) is 10.1 Å². The maximum atomic E-state index is 13.8. The van der Waals surface area contributed by atoms with Crippen molar-refractivity contribution in [1.82, 2.24) is 5.32 Å². The maximum absolute atomic E-state index is 13.8. The maximum Gasteiger partial charge on any atom is 0.167 e. The highest BCUT2D eigenvalue weighted by molar-refractivity contribution is 5.51. The van der Waals surface area contributed by atoms with E-state index < -0.39 is 0 Å². The molecule has 0 aromatic heterocycles. The monoisotopic (exact) mass is 252 g/mol. The SMILES string of the molecule is COc1ccc(N2CC(C)(C)NCC2C)cc1F. The predicted molar refractivity (Wildman–Crippen MR) is 71.8 cm³/mol. The van der Waals surface area contributed by atoms with Gasteiger partial charge in [0, 0.05) is 36.4 Å². The number of nitrogens with one attached hydrogen (secondary N) is 1. The van der Waals surface area contributed by atoms with E-state index in [0.717, 1.165) is 18.8 Å². The Morgan fingerprint density at radius 2 is 2.17 bits per heavy atom. The first-order chi connectivity index (χ1) is 8.43. The van der Waals surface area contributed by atoms with Crippen molar-refractivity contribution in [3.05, 3.63) is 24.0 Å². The molecular formula is C14H21FN2O. The van der Waals surface area contributed by atoms with Crippen LogP contribution in [0.3, 0.4) is 0 Å². The zero-order valence-corrected chi connectivity index (χ0v) is 11.5. The van der Waals surface area contributed by atoms with E-state index >= 15 is 0 Å². The van der Waals surface area contributed by atoms with Crippen LogP contribution in [-0.4, -0.2) is 31.8 Å². The highest BCUT2D eigenvalue weighted by Gasteiger charge is 2.30. The van der Waals surface area contributed by atoms with Crippen LogP contribution in [0, 0.1) is 5.82 Å². The first kappa shape index (κ1) is 13.1. The van der Waals surface area contributed by atoms with E-state index in [4.69, 9.17) is 4.74 Å². The molecule has 3 nitrogen and oxygen atoms in total. The minimum Gasteiger partial charge on any atom is -0.494 e. The summed E-state index contributed by atoms with van der Waals surface area (Å²) in [5, 5.41) is 3.48. The lowest BCUT2D eigenvalue weighted by Gasteiger charge is -2.44. The molecule has 18 heavy (non-hydrogen) atoms. The van der Waals surface area contributed by atoms with Crippen LogP contribution in [0.1, 0.15) is 20.8 Å². The second-order valence-corrected chi connectivity index (χ2v) is 5.56. The third-order valence-corrected chi connectivity index (χ3v) is 3.44. The molecule has 1 aromatic carbocycles. The van der Waals surface area contributed by atoms with Gasteiger partial charge >= 0.3 is 0 Å². The van der Waals surface area contributed by atoms with E-state index in [0.29, 0.717) is 11.8 Å². The number of piperazine rings is 1. The number of halogens is 1. The summed E-state index contributed by atoms with van der Waals surface area (Å²) in [6, 6.07) is 5.51. The standard InChI is InChI=1S/C14H21FN2O/c1-10-8-16-14(2,3)9-17(10)11-5-6-13(18-4)12(15)7-11/h5-7,10,16H,8-9H2,1-4H3. The van der Waals surface area contributed by atoms with Gasteiger partial charge in [-0.25, -0.2) is 4.39 Å². The summed E-state index contributed by atoms with van der Waals surface area (Å²) in [5.41, 5.74) is 0.957. The zero-order chi connectivity index (χ0) is 13.3. The van der Waals surface area contributed by atoms with Gasteiger partial charge in [-0.3, -0.25) is 0 Å². The molecule has 0 radical (unpaired) electrons. The summed E-state index contributed by atoms with van der Waals surface area (Å²) >= 11 is 0. The van der Waals surface area contributed by atoms with E-state index in [1.807, 2.05) is 6.07 Å². The fourth-order valence-electron chi connectivity index (χ4n) is 2.35. The summed E-state index contributed by atoms with van der Waals surface area (Å²) in [6.45, 7) is 8.22. The molecule has 0 spiro atoms. The predicted octanol–water partition coefficient (Wildman–Crippen LogP) is 2.41. The van der Waals surface area contributed by atoms with Crippen molar-refractivity contribution in [2.24, 2.45) is 0 Å². The number of hydrogen-bond donors (Lipinski definition) is 1. The topological polar surface area (TPSA) is 24.5 Å². The Kier molecular flexibility index (Phi) is 3.48. The Morgan fingerprint density at radius 1 is 1.44 bits per heavy atom. The Labute approximate surface area is 108 Å². The second-order valence-electron chi connectivity index (χ2n) is 5.56. The summed E-state index contributed by atoms with van der Waals surface area (Å²) in [7, 11) is 1.48.